The van der Waals surface area contributed by atoms with E-state index in [1.165, 1.54) is 87.0 Å². The molecular weight excluding hydrogens is 1460 g/mol. The Balaban J connectivity index is 0.000000123. The molecule has 4 amide bonds. The number of nitrogens with two attached hydrogens (primary N) is 4. The highest BCUT2D eigenvalue weighted by molar-refractivity contribution is 7.21. The predicted molar refractivity (Wildman–Crippen MR) is 392 cm³/mol. The van der Waals surface area contributed by atoms with E-state index in [2.05, 4.69) is 90.6 Å². The molecule has 11 N–H and O–H groups in total. The molecule has 0 spiro atoms. The standard InChI is InChI=1S/C17H14N6OS2.C16H15F2N5O2S2.C16H18N6O3S.C16H12N6O2S/c1-9-8-25-17(21-9)14-22-13(18)11-6-12(26-16(11)23-14)15(24)20-7-10-4-2-3-5-19-10;1-16(17,18)10-7-26-14(20-10)12-21-11(19)8-6-9(27-13(8)22-12)15(24)23-2-4-25-5-3-23;17-12-10-9-11(14(23)18-1-3-22-4-7-24-8-5-22)26-16(10)21-13(20-12)15-19-2-6-25-15;17-12-10-7-11(14(23)20-8-9-3-1-2-4-18-9)25-16(10)22-13(21-12)15-19-5-6-24-15/h2-6,8H,7H2,1H3,(H,20,24)(H2,18,22,23);6-7H,2-5H2,1H3,(H2,19,21,22);2,6,9H,1,3-5,7-8H2,(H,18,23)(H2,17,20,21);1-7H,8H2,(H,20,23)(H2,17,21,22). The number of hydrogen-bond acceptors (Lipinski definition) is 33. The second-order valence-corrected chi connectivity index (χ2v) is 28.4. The molecule has 31 nitrogen and oxygen atoms in total. The molecule has 532 valence electrons. The molecule has 0 radical (unpaired) electrons. The third kappa shape index (κ3) is 17.2. The Morgan fingerprint density at radius 3 is 1.36 bits per heavy atom. The van der Waals surface area contributed by atoms with Crippen molar-refractivity contribution in [3.63, 3.8) is 0 Å². The van der Waals surface area contributed by atoms with Gasteiger partial charge in [0.25, 0.3) is 41.3 Å². The topological polar surface area (TPSA) is 440 Å². The number of fused-ring (bicyclic) bond motifs is 4. The second kappa shape index (κ2) is 32.1. The summed E-state index contributed by atoms with van der Waals surface area (Å²) in [5.41, 5.74) is 26.2. The monoisotopic (exact) mass is 1520 g/mol. The van der Waals surface area contributed by atoms with Gasteiger partial charge in [-0.15, -0.1) is 68.0 Å². The zero-order chi connectivity index (χ0) is 72.4. The van der Waals surface area contributed by atoms with Crippen LogP contribution in [0.2, 0.25) is 0 Å². The molecule has 14 aromatic heterocycles. The van der Waals surface area contributed by atoms with Gasteiger partial charge in [0.05, 0.1) is 104 Å². The van der Waals surface area contributed by atoms with E-state index in [9.17, 15) is 28.0 Å². The van der Waals surface area contributed by atoms with Gasteiger partial charge in [0.15, 0.2) is 21.7 Å². The van der Waals surface area contributed by atoms with Crippen LogP contribution in [0.15, 0.2) is 118 Å². The Kier molecular flexibility index (Phi) is 22.0. The molecule has 0 saturated carbocycles. The average molecular weight is 1520 g/mol. The molecule has 104 heavy (non-hydrogen) atoms. The molecule has 0 atom stereocenters. The van der Waals surface area contributed by atoms with Crippen LogP contribution in [0, 0.1) is 6.92 Å². The first-order valence-corrected chi connectivity index (χ1v) is 36.5. The fraction of sp³-hybridized carbons (Fsp3) is 0.231. The third-order valence-electron chi connectivity index (χ3n) is 15.2. The number of hydrogen-bond donors (Lipinski definition) is 7. The van der Waals surface area contributed by atoms with Crippen LogP contribution in [0.25, 0.3) is 86.0 Å². The first kappa shape index (κ1) is 71.4. The van der Waals surface area contributed by atoms with Crippen molar-refractivity contribution in [1.29, 1.82) is 0 Å². The van der Waals surface area contributed by atoms with Gasteiger partial charge in [-0.25, -0.2) is 59.8 Å². The largest absolute Gasteiger partial charge is 0.442 e. The zero-order valence-corrected chi connectivity index (χ0v) is 59.7. The Morgan fingerprint density at radius 2 is 0.933 bits per heavy atom. The van der Waals surface area contributed by atoms with Gasteiger partial charge in [-0.05, 0) is 55.5 Å². The van der Waals surface area contributed by atoms with Gasteiger partial charge >= 0.3 is 0 Å². The van der Waals surface area contributed by atoms with Crippen LogP contribution in [0.5, 0.6) is 0 Å². The van der Waals surface area contributed by atoms with Gasteiger partial charge in [-0.3, -0.25) is 34.0 Å². The second-order valence-electron chi connectivity index (χ2n) is 22.6. The minimum absolute atomic E-state index is 0.107. The Hall–Kier alpha value is -11.0. The number of amides is 4. The van der Waals surface area contributed by atoms with Crippen LogP contribution < -0.4 is 38.9 Å². The Labute approximate surface area is 611 Å². The van der Waals surface area contributed by atoms with Gasteiger partial charge in [0.1, 0.15) is 60.8 Å². The number of nitrogens with one attached hydrogen (secondary N) is 3. The number of rotatable bonds is 16. The number of morpholine rings is 2. The molecule has 0 aliphatic carbocycles. The van der Waals surface area contributed by atoms with Crippen molar-refractivity contribution in [2.75, 3.05) is 88.6 Å². The average Bonchev–Trinajstić information content (AvgIpc) is 1.64. The van der Waals surface area contributed by atoms with Crippen molar-refractivity contribution in [2.45, 2.75) is 32.9 Å². The maximum absolute atomic E-state index is 13.4. The molecule has 2 fully saturated rings. The summed E-state index contributed by atoms with van der Waals surface area (Å²) < 4.78 is 47.8. The number of nitrogens with zero attached hydrogens (tertiary/aromatic N) is 16. The lowest BCUT2D eigenvalue weighted by Gasteiger charge is -2.26. The number of oxazole rings is 2. The predicted octanol–water partition coefficient (Wildman–Crippen LogP) is 9.26. The molecule has 2 aliphatic rings. The maximum Gasteiger partial charge on any atom is 0.287 e. The first-order valence-electron chi connectivity index (χ1n) is 31.5. The van der Waals surface area contributed by atoms with Crippen molar-refractivity contribution in [3.8, 4) is 45.1 Å². The quantitative estimate of drug-likeness (QED) is 0.0473. The number of pyridine rings is 2. The van der Waals surface area contributed by atoms with E-state index in [1.54, 1.807) is 41.6 Å². The lowest BCUT2D eigenvalue weighted by molar-refractivity contribution is 0.0134. The highest BCUT2D eigenvalue weighted by Crippen LogP contribution is 2.37. The SMILES string of the molecule is CC(F)(F)c1csc(-c2nc(N)c3cc(C(=O)N4CCOCC4)sc3n2)n1.Cc1csc(-c2nc(N)c3cc(C(=O)NCc4ccccn4)sc3n2)n1.Nc1nc(-c2ncco2)nc2sc(C(=O)NCCN3CCOCC3)cc12.Nc1nc(-c2ncco2)nc2sc(C(=O)NCc3ccccn3)cc12. The molecule has 14 aromatic rings. The fourth-order valence-electron chi connectivity index (χ4n) is 9.98. The van der Waals surface area contributed by atoms with Crippen molar-refractivity contribution in [3.05, 3.63) is 151 Å². The molecule has 0 unspecified atom stereocenters. The molecule has 16 rings (SSSR count). The molecule has 2 aliphatic heterocycles. The summed E-state index contributed by atoms with van der Waals surface area (Å²) in [5, 5.41) is 15.3. The first-order chi connectivity index (χ1) is 50.3. The number of halogens is 2. The van der Waals surface area contributed by atoms with Gasteiger partial charge in [0.2, 0.25) is 11.6 Å². The van der Waals surface area contributed by atoms with Crippen LogP contribution in [-0.4, -0.2) is 169 Å². The summed E-state index contributed by atoms with van der Waals surface area (Å²) in [7, 11) is 0. The van der Waals surface area contributed by atoms with Gasteiger partial charge in [0, 0.05) is 75.0 Å². The number of carbonyl (C=O) groups excluding carboxylic acids is 4. The van der Waals surface area contributed by atoms with E-state index in [-0.39, 0.29) is 63.5 Å². The Bertz CT molecular complexity index is 5350. The van der Waals surface area contributed by atoms with Crippen LogP contribution >= 0.6 is 68.0 Å². The smallest absolute Gasteiger partial charge is 0.287 e. The third-order valence-corrected chi connectivity index (χ3v) is 21.1. The van der Waals surface area contributed by atoms with Crippen molar-refractivity contribution in [1.82, 2.24) is 95.5 Å². The lowest BCUT2D eigenvalue weighted by atomic mass is 10.3. The molecular formula is C65H59F2N23O8S6. The summed E-state index contributed by atoms with van der Waals surface area (Å²) in [5.74, 6) is -0.757. The van der Waals surface area contributed by atoms with Crippen LogP contribution in [0.4, 0.5) is 32.1 Å². The van der Waals surface area contributed by atoms with E-state index in [0.29, 0.717) is 140 Å². The van der Waals surface area contributed by atoms with E-state index in [0.717, 1.165) is 68.2 Å². The number of ether oxygens (including phenoxy) is 2. The number of anilines is 4. The van der Waals surface area contributed by atoms with Crippen LogP contribution in [0.3, 0.4) is 0 Å². The summed E-state index contributed by atoms with van der Waals surface area (Å²) >= 11 is 7.48. The minimum atomic E-state index is -3.04. The van der Waals surface area contributed by atoms with E-state index >= 15 is 0 Å². The number of aromatic nitrogens is 14. The lowest BCUT2D eigenvalue weighted by Crippen LogP contribution is -2.41. The van der Waals surface area contributed by atoms with Gasteiger partial charge in [-0.2, -0.15) is 8.78 Å². The normalized spacial score (nSPS) is 13.2. The van der Waals surface area contributed by atoms with Gasteiger partial charge in [-0.1, -0.05) is 12.1 Å². The zero-order valence-electron chi connectivity index (χ0n) is 54.8. The number of carbonyl (C=O) groups is 4. The molecule has 2 saturated heterocycles. The number of thiophene rings is 4. The van der Waals surface area contributed by atoms with Gasteiger partial charge < -0.3 is 62.1 Å². The highest BCUT2D eigenvalue weighted by atomic mass is 32.1. The van der Waals surface area contributed by atoms with Crippen molar-refractivity contribution >= 4 is 156 Å². The highest BCUT2D eigenvalue weighted by Gasteiger charge is 2.30. The molecule has 16 heterocycles. The van der Waals surface area contributed by atoms with E-state index in [4.69, 9.17) is 41.2 Å². The minimum Gasteiger partial charge on any atom is -0.442 e. The molecule has 39 heteroatoms. The number of nitrogen functional groups attached to an aromatic ring is 4. The number of alkyl halides is 2. The number of aryl methyl sites for hydroxylation is 1. The summed E-state index contributed by atoms with van der Waals surface area (Å²) in [6.07, 6.45) is 9.27. The molecule has 0 aromatic carbocycles. The summed E-state index contributed by atoms with van der Waals surface area (Å²) in [6.45, 7) is 10.2. The maximum atomic E-state index is 13.4. The summed E-state index contributed by atoms with van der Waals surface area (Å²) in [6, 6.07) is 17.9. The Morgan fingerprint density at radius 1 is 0.510 bits per heavy atom. The number of thiazole rings is 2. The molecule has 0 bridgehead atoms. The van der Waals surface area contributed by atoms with Crippen molar-refractivity contribution in [2.24, 2.45) is 0 Å². The van der Waals surface area contributed by atoms with Crippen molar-refractivity contribution < 1.29 is 46.3 Å². The van der Waals surface area contributed by atoms with E-state index < -0.39 is 5.92 Å². The van der Waals surface area contributed by atoms with E-state index in [1.807, 2.05) is 48.7 Å². The van der Waals surface area contributed by atoms with Crippen LogP contribution in [0.1, 0.15) is 68.4 Å². The van der Waals surface area contributed by atoms with Crippen LogP contribution in [-0.2, 0) is 28.5 Å². The summed E-state index contributed by atoms with van der Waals surface area (Å²) in [4.78, 5) is 118. The fourth-order valence-corrected chi connectivity index (χ4v) is 15.4.